The second-order valence-electron chi connectivity index (χ2n) is 5.36. The third-order valence-corrected chi connectivity index (χ3v) is 4.92. The molecule has 0 bridgehead atoms. The third kappa shape index (κ3) is 3.72. The Hall–Kier alpha value is -1.03. The topological polar surface area (TPSA) is 32.3 Å². The number of amides is 1. The Kier molecular flexibility index (Phi) is 4.86. The Bertz CT molecular complexity index is 448. The monoisotopic (exact) mass is 324 g/mol. The van der Waals surface area contributed by atoms with Crippen molar-refractivity contribution in [2.24, 2.45) is 5.92 Å². The zero-order valence-electron chi connectivity index (χ0n) is 11.5. The van der Waals surface area contributed by atoms with E-state index < -0.39 is 0 Å². The molecule has 1 aliphatic rings. The summed E-state index contributed by atoms with van der Waals surface area (Å²) in [6, 6.07) is 7.72. The maximum atomic E-state index is 12.1. The van der Waals surface area contributed by atoms with Crippen molar-refractivity contribution in [1.82, 2.24) is 5.32 Å². The van der Waals surface area contributed by atoms with E-state index >= 15 is 0 Å². The van der Waals surface area contributed by atoms with Crippen LogP contribution in [0, 0.1) is 5.92 Å². The van der Waals surface area contributed by atoms with E-state index in [9.17, 15) is 4.79 Å². The predicted molar refractivity (Wildman–Crippen MR) is 83.2 cm³/mol. The molecule has 1 aromatic carbocycles. The Morgan fingerprint density at radius 3 is 2.84 bits per heavy atom. The summed E-state index contributed by atoms with van der Waals surface area (Å²) in [5.41, 5.74) is 1.78. The molecule has 2 atom stereocenters. The van der Waals surface area contributed by atoms with Crippen molar-refractivity contribution in [3.8, 4) is 0 Å². The lowest BCUT2D eigenvalue weighted by Crippen LogP contribution is -2.31. The Balaban J connectivity index is 1.94. The molecule has 0 radical (unpaired) electrons. The van der Waals surface area contributed by atoms with Gasteiger partial charge >= 0.3 is 0 Å². The molecule has 1 fully saturated rings. The summed E-state index contributed by atoms with van der Waals surface area (Å²) in [6.07, 6.45) is 3.68. The number of halogens is 1. The fourth-order valence-corrected chi connectivity index (χ4v) is 3.25. The van der Waals surface area contributed by atoms with Crippen molar-refractivity contribution in [2.75, 3.05) is 25.5 Å². The van der Waals surface area contributed by atoms with Crippen molar-refractivity contribution >= 4 is 27.5 Å². The average Bonchev–Trinajstić information content (AvgIpc) is 2.81. The van der Waals surface area contributed by atoms with Crippen LogP contribution in [0.3, 0.4) is 0 Å². The summed E-state index contributed by atoms with van der Waals surface area (Å²) >= 11 is 3.68. The lowest BCUT2D eigenvalue weighted by atomic mass is 10.1. The highest BCUT2D eigenvalue weighted by molar-refractivity contribution is 9.09. The quantitative estimate of drug-likeness (QED) is 0.863. The van der Waals surface area contributed by atoms with Crippen molar-refractivity contribution in [3.05, 3.63) is 29.8 Å². The molecule has 3 nitrogen and oxygen atoms in total. The molecule has 1 aliphatic carbocycles. The minimum atomic E-state index is 0.0234. The lowest BCUT2D eigenvalue weighted by Gasteiger charge is -2.16. The smallest absolute Gasteiger partial charge is 0.251 e. The van der Waals surface area contributed by atoms with Gasteiger partial charge in [-0.25, -0.2) is 0 Å². The summed E-state index contributed by atoms with van der Waals surface area (Å²) < 4.78 is 0. The van der Waals surface area contributed by atoms with E-state index in [4.69, 9.17) is 0 Å². The molecule has 19 heavy (non-hydrogen) atoms. The maximum absolute atomic E-state index is 12.1. The van der Waals surface area contributed by atoms with Gasteiger partial charge in [0.1, 0.15) is 0 Å². The number of alkyl halides is 1. The first-order valence-corrected chi connectivity index (χ1v) is 7.69. The van der Waals surface area contributed by atoms with E-state index in [1.165, 1.54) is 19.3 Å². The van der Waals surface area contributed by atoms with Crippen LogP contribution >= 0.6 is 15.9 Å². The van der Waals surface area contributed by atoms with E-state index in [2.05, 4.69) is 21.2 Å². The molecular weight excluding hydrogens is 304 g/mol. The molecule has 1 N–H and O–H groups in total. The largest absolute Gasteiger partial charge is 0.378 e. The van der Waals surface area contributed by atoms with Gasteiger partial charge < -0.3 is 10.2 Å². The Labute approximate surface area is 123 Å². The van der Waals surface area contributed by atoms with Gasteiger partial charge in [-0.05, 0) is 37.0 Å². The number of carbonyl (C=O) groups is 1. The molecule has 1 aromatic rings. The van der Waals surface area contributed by atoms with Gasteiger partial charge in [-0.1, -0.05) is 28.4 Å². The van der Waals surface area contributed by atoms with Crippen molar-refractivity contribution < 1.29 is 4.79 Å². The van der Waals surface area contributed by atoms with E-state index in [-0.39, 0.29) is 5.91 Å². The third-order valence-electron chi connectivity index (χ3n) is 3.72. The molecule has 0 spiro atoms. The molecule has 2 unspecified atom stereocenters. The lowest BCUT2D eigenvalue weighted by molar-refractivity contribution is 0.0948. The van der Waals surface area contributed by atoms with Gasteiger partial charge in [-0.15, -0.1) is 0 Å². The van der Waals surface area contributed by atoms with Crippen LogP contribution in [-0.4, -0.2) is 31.4 Å². The van der Waals surface area contributed by atoms with Crippen LogP contribution in [0.2, 0.25) is 0 Å². The highest BCUT2D eigenvalue weighted by Gasteiger charge is 2.25. The summed E-state index contributed by atoms with van der Waals surface area (Å²) in [4.78, 5) is 14.7. The van der Waals surface area contributed by atoms with Crippen LogP contribution in [0.5, 0.6) is 0 Å². The molecule has 104 valence electrons. The van der Waals surface area contributed by atoms with Gasteiger partial charge in [0, 0.05) is 36.7 Å². The first-order chi connectivity index (χ1) is 9.08. The van der Waals surface area contributed by atoms with Crippen LogP contribution in [0.1, 0.15) is 29.6 Å². The maximum Gasteiger partial charge on any atom is 0.251 e. The molecule has 0 aliphatic heterocycles. The van der Waals surface area contributed by atoms with Gasteiger partial charge in [0.05, 0.1) is 0 Å². The van der Waals surface area contributed by atoms with E-state index in [0.717, 1.165) is 17.8 Å². The number of benzene rings is 1. The van der Waals surface area contributed by atoms with Gasteiger partial charge in [-0.3, -0.25) is 4.79 Å². The molecular formula is C15H21BrN2O. The molecule has 0 saturated heterocycles. The number of nitrogens with zero attached hydrogens (tertiary/aromatic N) is 1. The second kappa shape index (κ2) is 6.42. The molecule has 1 amide bonds. The number of rotatable bonds is 4. The van der Waals surface area contributed by atoms with Gasteiger partial charge in [-0.2, -0.15) is 0 Å². The molecule has 2 rings (SSSR count). The summed E-state index contributed by atoms with van der Waals surface area (Å²) in [6.45, 7) is 0.765. The van der Waals surface area contributed by atoms with Gasteiger partial charge in [0.2, 0.25) is 0 Å². The highest BCUT2D eigenvalue weighted by atomic mass is 79.9. The van der Waals surface area contributed by atoms with Crippen LogP contribution in [0.4, 0.5) is 5.69 Å². The number of hydrogen-bond acceptors (Lipinski definition) is 2. The van der Waals surface area contributed by atoms with E-state index in [1.54, 1.807) is 0 Å². The van der Waals surface area contributed by atoms with Crippen molar-refractivity contribution in [1.29, 1.82) is 0 Å². The normalized spacial score (nSPS) is 22.3. The average molecular weight is 325 g/mol. The van der Waals surface area contributed by atoms with Gasteiger partial charge in [0.15, 0.2) is 0 Å². The summed E-state index contributed by atoms with van der Waals surface area (Å²) in [7, 11) is 3.95. The fraction of sp³-hybridized carbons (Fsp3) is 0.533. The van der Waals surface area contributed by atoms with E-state index in [0.29, 0.717) is 10.7 Å². The molecule has 0 aromatic heterocycles. The second-order valence-corrected chi connectivity index (χ2v) is 6.54. The van der Waals surface area contributed by atoms with Crippen LogP contribution in [0.25, 0.3) is 0 Å². The minimum Gasteiger partial charge on any atom is -0.378 e. The Morgan fingerprint density at radius 2 is 2.21 bits per heavy atom. The zero-order chi connectivity index (χ0) is 13.8. The van der Waals surface area contributed by atoms with Gasteiger partial charge in [0.25, 0.3) is 5.91 Å². The number of anilines is 1. The van der Waals surface area contributed by atoms with Crippen LogP contribution in [-0.2, 0) is 0 Å². The molecule has 4 heteroatoms. The first kappa shape index (κ1) is 14.4. The van der Waals surface area contributed by atoms with E-state index in [1.807, 2.05) is 43.3 Å². The van der Waals surface area contributed by atoms with Crippen molar-refractivity contribution in [2.45, 2.75) is 24.1 Å². The summed E-state index contributed by atoms with van der Waals surface area (Å²) in [5, 5.41) is 3.05. The number of hydrogen-bond donors (Lipinski definition) is 1. The summed E-state index contributed by atoms with van der Waals surface area (Å²) in [5.74, 6) is 0.594. The van der Waals surface area contributed by atoms with Crippen LogP contribution < -0.4 is 10.2 Å². The zero-order valence-corrected chi connectivity index (χ0v) is 13.1. The fourth-order valence-electron chi connectivity index (χ4n) is 2.47. The standard InChI is InChI=1S/C15H21BrN2O/c1-18(2)13-7-3-5-11(9-13)15(19)17-10-12-6-4-8-14(12)16/h3,5,7,9,12,14H,4,6,8,10H2,1-2H3,(H,17,19). The molecule has 1 saturated carbocycles. The highest BCUT2D eigenvalue weighted by Crippen LogP contribution is 2.30. The predicted octanol–water partition coefficient (Wildman–Crippen LogP) is 3.05. The minimum absolute atomic E-state index is 0.0234. The first-order valence-electron chi connectivity index (χ1n) is 6.77. The number of nitrogens with one attached hydrogen (secondary N) is 1. The van der Waals surface area contributed by atoms with Crippen molar-refractivity contribution in [3.63, 3.8) is 0 Å². The van der Waals surface area contributed by atoms with Crippen LogP contribution in [0.15, 0.2) is 24.3 Å². The SMILES string of the molecule is CN(C)c1cccc(C(=O)NCC2CCCC2Br)c1. The Morgan fingerprint density at radius 1 is 1.42 bits per heavy atom. The molecule has 0 heterocycles. The number of carbonyl (C=O) groups excluding carboxylic acids is 1.